The molecular formula is C21H18ClN5O3. The van der Waals surface area contributed by atoms with Gasteiger partial charge in [0.1, 0.15) is 5.82 Å². The number of fused-ring (bicyclic) bond motifs is 1. The number of carbonyl (C=O) groups is 1. The van der Waals surface area contributed by atoms with E-state index in [0.717, 1.165) is 10.2 Å². The first kappa shape index (κ1) is 19.7. The van der Waals surface area contributed by atoms with Crippen molar-refractivity contribution >= 4 is 34.1 Å². The predicted octanol–water partition coefficient (Wildman–Crippen LogP) is 2.62. The number of H-pyrrole nitrogens is 1. The van der Waals surface area contributed by atoms with Crippen LogP contribution in [0.1, 0.15) is 12.0 Å². The zero-order valence-electron chi connectivity index (χ0n) is 15.8. The minimum atomic E-state index is -0.369. The monoisotopic (exact) mass is 423 g/mol. The maximum Gasteiger partial charge on any atom is 0.273 e. The average molecular weight is 424 g/mol. The Morgan fingerprint density at radius 1 is 1.03 bits per heavy atom. The lowest BCUT2D eigenvalue weighted by Gasteiger charge is -2.10. The van der Waals surface area contributed by atoms with Crippen LogP contribution in [0, 0.1) is 0 Å². The number of aryl methyl sites for hydroxylation is 1. The molecule has 8 nitrogen and oxygen atoms in total. The van der Waals surface area contributed by atoms with Crippen molar-refractivity contribution in [3.63, 3.8) is 0 Å². The number of carbonyl (C=O) groups excluding carboxylic acids is 1. The largest absolute Gasteiger partial charge is 0.311 e. The van der Waals surface area contributed by atoms with Crippen molar-refractivity contribution in [1.82, 2.24) is 19.6 Å². The highest BCUT2D eigenvalue weighted by Gasteiger charge is 2.11. The van der Waals surface area contributed by atoms with E-state index in [1.165, 1.54) is 0 Å². The van der Waals surface area contributed by atoms with Gasteiger partial charge in [-0.15, -0.1) is 0 Å². The van der Waals surface area contributed by atoms with Gasteiger partial charge in [0.05, 0.1) is 30.1 Å². The summed E-state index contributed by atoms with van der Waals surface area (Å²) < 4.78 is 2.82. The highest BCUT2D eigenvalue weighted by atomic mass is 35.5. The van der Waals surface area contributed by atoms with Crippen LogP contribution in [-0.2, 0) is 17.9 Å². The molecule has 9 heteroatoms. The molecule has 0 aliphatic heterocycles. The van der Waals surface area contributed by atoms with Crippen molar-refractivity contribution in [3.8, 4) is 0 Å². The predicted molar refractivity (Wildman–Crippen MR) is 115 cm³/mol. The Morgan fingerprint density at radius 3 is 2.53 bits per heavy atom. The molecule has 2 aromatic heterocycles. The van der Waals surface area contributed by atoms with Gasteiger partial charge in [-0.25, -0.2) is 9.36 Å². The molecular weight excluding hydrogens is 406 g/mol. The molecule has 2 aromatic carbocycles. The van der Waals surface area contributed by atoms with Crippen molar-refractivity contribution in [2.24, 2.45) is 0 Å². The van der Waals surface area contributed by atoms with E-state index in [2.05, 4.69) is 15.5 Å². The Hall–Kier alpha value is -3.65. The molecule has 30 heavy (non-hydrogen) atoms. The van der Waals surface area contributed by atoms with Crippen LogP contribution in [0.2, 0.25) is 5.02 Å². The van der Waals surface area contributed by atoms with Crippen molar-refractivity contribution in [1.29, 1.82) is 0 Å². The van der Waals surface area contributed by atoms with Crippen LogP contribution < -0.4 is 16.4 Å². The smallest absolute Gasteiger partial charge is 0.273 e. The Morgan fingerprint density at radius 2 is 1.77 bits per heavy atom. The van der Waals surface area contributed by atoms with Crippen LogP contribution in [0.5, 0.6) is 0 Å². The van der Waals surface area contributed by atoms with E-state index in [4.69, 9.17) is 11.6 Å². The first-order chi connectivity index (χ1) is 14.5. The van der Waals surface area contributed by atoms with Crippen molar-refractivity contribution in [2.75, 3.05) is 5.32 Å². The molecule has 2 heterocycles. The molecule has 0 atom stereocenters. The van der Waals surface area contributed by atoms with Gasteiger partial charge in [0, 0.05) is 17.5 Å². The lowest BCUT2D eigenvalue weighted by Crippen LogP contribution is -2.31. The summed E-state index contributed by atoms with van der Waals surface area (Å²) in [6.07, 6.45) is 1.61. The zero-order chi connectivity index (χ0) is 21.1. The standard InChI is InChI=1S/C21H18ClN5O3/c22-15-7-5-14(6-8-15)13-27-18(9-11-23-27)24-19(28)10-12-26-21(30)17-4-2-1-3-16(17)20(29)25-26/h1-9,11H,10,12-13H2,(H,24,28)(H,25,29). The first-order valence-corrected chi connectivity index (χ1v) is 9.67. The van der Waals surface area contributed by atoms with Gasteiger partial charge in [0.2, 0.25) is 5.91 Å². The number of anilines is 1. The average Bonchev–Trinajstić information content (AvgIpc) is 3.17. The summed E-state index contributed by atoms with van der Waals surface area (Å²) in [6.45, 7) is 0.521. The molecule has 0 spiro atoms. The summed E-state index contributed by atoms with van der Waals surface area (Å²) in [7, 11) is 0. The topological polar surface area (TPSA) is 102 Å². The molecule has 1 amide bonds. The fourth-order valence-corrected chi connectivity index (χ4v) is 3.28. The highest BCUT2D eigenvalue weighted by molar-refractivity contribution is 6.30. The summed E-state index contributed by atoms with van der Waals surface area (Å²) in [4.78, 5) is 37.1. The van der Waals surface area contributed by atoms with Gasteiger partial charge in [-0.05, 0) is 29.8 Å². The number of halogens is 1. The fourth-order valence-electron chi connectivity index (χ4n) is 3.15. The second-order valence-corrected chi connectivity index (χ2v) is 7.18. The quantitative estimate of drug-likeness (QED) is 0.497. The third-order valence-corrected chi connectivity index (χ3v) is 4.93. The zero-order valence-corrected chi connectivity index (χ0v) is 16.6. The maximum absolute atomic E-state index is 12.5. The second-order valence-electron chi connectivity index (χ2n) is 6.74. The molecule has 152 valence electrons. The second kappa shape index (κ2) is 8.38. The summed E-state index contributed by atoms with van der Waals surface area (Å²) in [6, 6.07) is 15.6. The highest BCUT2D eigenvalue weighted by Crippen LogP contribution is 2.14. The molecule has 0 aliphatic carbocycles. The van der Waals surface area contributed by atoms with Crippen LogP contribution in [0.4, 0.5) is 5.82 Å². The van der Waals surface area contributed by atoms with Crippen LogP contribution in [0.15, 0.2) is 70.4 Å². The van der Waals surface area contributed by atoms with E-state index in [1.807, 2.05) is 12.1 Å². The van der Waals surface area contributed by atoms with Crippen molar-refractivity contribution < 1.29 is 4.79 Å². The van der Waals surface area contributed by atoms with Gasteiger partial charge >= 0.3 is 0 Å². The van der Waals surface area contributed by atoms with Crippen LogP contribution in [0.25, 0.3) is 10.8 Å². The third-order valence-electron chi connectivity index (χ3n) is 4.68. The van der Waals surface area contributed by atoms with Gasteiger partial charge in [0.25, 0.3) is 11.1 Å². The van der Waals surface area contributed by atoms with E-state index in [-0.39, 0.29) is 30.0 Å². The summed E-state index contributed by atoms with van der Waals surface area (Å²) in [5, 5.41) is 10.8. The molecule has 2 N–H and O–H groups in total. The number of nitrogens with one attached hydrogen (secondary N) is 2. The number of aromatic amines is 1. The molecule has 0 saturated carbocycles. The molecule has 0 saturated heterocycles. The number of hydrogen-bond donors (Lipinski definition) is 2. The van der Waals surface area contributed by atoms with Gasteiger partial charge in [0.15, 0.2) is 0 Å². The molecule has 0 unspecified atom stereocenters. The van der Waals surface area contributed by atoms with Gasteiger partial charge < -0.3 is 5.32 Å². The molecule has 0 fully saturated rings. The molecule has 4 rings (SSSR count). The normalized spacial score (nSPS) is 11.0. The third kappa shape index (κ3) is 4.18. The van der Waals surface area contributed by atoms with Crippen LogP contribution in [-0.4, -0.2) is 25.5 Å². The number of aromatic nitrogens is 4. The Bertz CT molecular complexity index is 1320. The molecule has 0 radical (unpaired) electrons. The van der Waals surface area contributed by atoms with Crippen molar-refractivity contribution in [2.45, 2.75) is 19.5 Å². The van der Waals surface area contributed by atoms with Gasteiger partial charge in [-0.1, -0.05) is 35.9 Å². The van der Waals surface area contributed by atoms with E-state index in [1.54, 1.807) is 53.3 Å². The maximum atomic E-state index is 12.5. The van der Waals surface area contributed by atoms with Gasteiger partial charge in [-0.3, -0.25) is 19.5 Å². The number of amides is 1. The lowest BCUT2D eigenvalue weighted by molar-refractivity contribution is -0.116. The van der Waals surface area contributed by atoms with Crippen molar-refractivity contribution in [3.05, 3.63) is 92.1 Å². The number of rotatable bonds is 6. The minimum Gasteiger partial charge on any atom is -0.311 e. The summed E-state index contributed by atoms with van der Waals surface area (Å²) in [5.74, 6) is 0.239. The van der Waals surface area contributed by atoms with Crippen LogP contribution >= 0.6 is 11.6 Å². The van der Waals surface area contributed by atoms with Gasteiger partial charge in [-0.2, -0.15) is 5.10 Å². The molecule has 0 aliphatic rings. The fraction of sp³-hybridized carbons (Fsp3) is 0.143. The molecule has 0 bridgehead atoms. The number of nitrogens with zero attached hydrogens (tertiary/aromatic N) is 3. The Balaban J connectivity index is 1.44. The SMILES string of the molecule is O=C(CCn1[nH]c(=O)c2ccccc2c1=O)Nc1ccnn1Cc1ccc(Cl)cc1. The molecule has 4 aromatic rings. The Kier molecular flexibility index (Phi) is 5.49. The minimum absolute atomic E-state index is 0.0142. The number of benzene rings is 2. The summed E-state index contributed by atoms with van der Waals surface area (Å²) in [5.41, 5.74) is 0.274. The van der Waals surface area contributed by atoms with E-state index < -0.39 is 0 Å². The lowest BCUT2D eigenvalue weighted by atomic mass is 10.2. The van der Waals surface area contributed by atoms with E-state index >= 15 is 0 Å². The summed E-state index contributed by atoms with van der Waals surface area (Å²) >= 11 is 5.91. The van der Waals surface area contributed by atoms with Crippen LogP contribution in [0.3, 0.4) is 0 Å². The Labute approximate surface area is 175 Å². The van der Waals surface area contributed by atoms with E-state index in [9.17, 15) is 14.4 Å². The number of hydrogen-bond acceptors (Lipinski definition) is 4. The first-order valence-electron chi connectivity index (χ1n) is 9.29. The van der Waals surface area contributed by atoms with E-state index in [0.29, 0.717) is 28.2 Å².